The quantitative estimate of drug-likeness (QED) is 0.761. The normalized spacial score (nSPS) is 30.7. The third kappa shape index (κ3) is 2.44. The van der Waals surface area contributed by atoms with Crippen LogP contribution < -0.4 is 5.84 Å². The topological polar surface area (TPSA) is 41.7 Å². The molecule has 0 saturated carbocycles. The van der Waals surface area contributed by atoms with E-state index in [0.717, 1.165) is 32.7 Å². The maximum atomic E-state index is 6.18. The minimum Gasteiger partial charge on any atom is -0.377 e. The van der Waals surface area contributed by atoms with Crippen molar-refractivity contribution < 1.29 is 4.74 Å². The Hall–Kier alpha value is -0.160. The Labute approximate surface area is 111 Å². The van der Waals surface area contributed by atoms with Crippen LogP contribution in [0.3, 0.4) is 0 Å². The van der Waals surface area contributed by atoms with Crippen molar-refractivity contribution in [1.82, 2.24) is 9.91 Å². The Morgan fingerprint density at radius 1 is 1.28 bits per heavy atom. The van der Waals surface area contributed by atoms with Gasteiger partial charge in [0.15, 0.2) is 0 Å². The van der Waals surface area contributed by atoms with Crippen molar-refractivity contribution in [2.45, 2.75) is 52.1 Å². The van der Waals surface area contributed by atoms with Crippen LogP contribution in [0.15, 0.2) is 0 Å². The zero-order valence-electron chi connectivity index (χ0n) is 12.2. The summed E-state index contributed by atoms with van der Waals surface area (Å²) in [6, 6.07) is 0. The van der Waals surface area contributed by atoms with Crippen molar-refractivity contribution in [3.05, 3.63) is 0 Å². The van der Waals surface area contributed by atoms with Crippen LogP contribution in [0.2, 0.25) is 0 Å². The van der Waals surface area contributed by atoms with Crippen LogP contribution in [-0.2, 0) is 4.74 Å². The molecule has 0 aromatic carbocycles. The standard InChI is InChI=1S/C14H29N3O/c1-4-13(3,5-2)6-8-16-9-7-14(16)12-18-11-10-17(14)15/h4-12,15H2,1-3H3. The first-order valence-corrected chi connectivity index (χ1v) is 7.41. The van der Waals surface area contributed by atoms with Gasteiger partial charge in [-0.1, -0.05) is 33.6 Å². The average molecular weight is 255 g/mol. The predicted molar refractivity (Wildman–Crippen MR) is 73.9 cm³/mol. The summed E-state index contributed by atoms with van der Waals surface area (Å²) >= 11 is 0. The molecule has 0 amide bonds. The van der Waals surface area contributed by atoms with Crippen molar-refractivity contribution in [3.63, 3.8) is 0 Å². The Kier molecular flexibility index (Phi) is 4.32. The molecule has 18 heavy (non-hydrogen) atoms. The molecule has 4 nitrogen and oxygen atoms in total. The van der Waals surface area contributed by atoms with E-state index in [1.165, 1.54) is 25.8 Å². The largest absolute Gasteiger partial charge is 0.377 e. The van der Waals surface area contributed by atoms with Gasteiger partial charge < -0.3 is 4.74 Å². The summed E-state index contributed by atoms with van der Waals surface area (Å²) in [5.74, 6) is 6.18. The summed E-state index contributed by atoms with van der Waals surface area (Å²) < 4.78 is 5.65. The van der Waals surface area contributed by atoms with Gasteiger partial charge in [0.2, 0.25) is 0 Å². The molecule has 2 aliphatic heterocycles. The van der Waals surface area contributed by atoms with Crippen LogP contribution in [0.4, 0.5) is 0 Å². The maximum absolute atomic E-state index is 6.18. The fourth-order valence-corrected chi connectivity index (χ4v) is 3.03. The molecule has 1 atom stereocenters. The smallest absolute Gasteiger partial charge is 0.112 e. The molecule has 2 fully saturated rings. The number of ether oxygens (including phenoxy) is 1. The van der Waals surface area contributed by atoms with Crippen molar-refractivity contribution >= 4 is 0 Å². The third-order valence-corrected chi connectivity index (χ3v) is 5.41. The molecule has 2 saturated heterocycles. The fraction of sp³-hybridized carbons (Fsp3) is 1.00. The van der Waals surface area contributed by atoms with Gasteiger partial charge in [-0.3, -0.25) is 10.7 Å². The van der Waals surface area contributed by atoms with Gasteiger partial charge in [0.1, 0.15) is 5.66 Å². The van der Waals surface area contributed by atoms with Crippen molar-refractivity contribution in [2.24, 2.45) is 11.3 Å². The van der Waals surface area contributed by atoms with E-state index < -0.39 is 0 Å². The van der Waals surface area contributed by atoms with E-state index in [1.807, 2.05) is 5.01 Å². The lowest BCUT2D eigenvalue weighted by Gasteiger charge is -2.58. The lowest BCUT2D eigenvalue weighted by molar-refractivity contribution is -0.206. The zero-order chi connectivity index (χ0) is 13.2. The predicted octanol–water partition coefficient (Wildman–Crippen LogP) is 1.81. The first-order chi connectivity index (χ1) is 8.56. The summed E-state index contributed by atoms with van der Waals surface area (Å²) in [5, 5.41) is 2.01. The number of hydrazine groups is 1. The molecular formula is C14H29N3O. The highest BCUT2D eigenvalue weighted by molar-refractivity contribution is 4.99. The van der Waals surface area contributed by atoms with Gasteiger partial charge in [0.05, 0.1) is 13.2 Å². The van der Waals surface area contributed by atoms with Crippen molar-refractivity contribution in [2.75, 3.05) is 32.8 Å². The first-order valence-electron chi connectivity index (χ1n) is 7.41. The summed E-state index contributed by atoms with van der Waals surface area (Å²) in [4.78, 5) is 2.52. The second-order valence-electron chi connectivity index (χ2n) is 6.23. The third-order valence-electron chi connectivity index (χ3n) is 5.41. The molecule has 0 aliphatic carbocycles. The van der Waals surface area contributed by atoms with Crippen LogP contribution in [0.1, 0.15) is 46.5 Å². The molecule has 0 radical (unpaired) electrons. The Bertz CT molecular complexity index is 280. The SMILES string of the molecule is CCC(C)(CC)CCN1CCC12COCCN2N. The van der Waals surface area contributed by atoms with Crippen LogP contribution >= 0.6 is 0 Å². The highest BCUT2D eigenvalue weighted by Crippen LogP contribution is 2.37. The number of nitrogens with two attached hydrogens (primary N) is 1. The van der Waals surface area contributed by atoms with Crippen LogP contribution in [0.25, 0.3) is 0 Å². The average Bonchev–Trinajstić information content (AvgIpc) is 2.38. The number of hydrogen-bond acceptors (Lipinski definition) is 4. The van der Waals surface area contributed by atoms with Crippen LogP contribution in [0, 0.1) is 5.41 Å². The molecule has 2 rings (SSSR count). The maximum Gasteiger partial charge on any atom is 0.112 e. The molecule has 106 valence electrons. The summed E-state index contributed by atoms with van der Waals surface area (Å²) in [6.07, 6.45) is 4.93. The molecule has 2 aliphatic rings. The van der Waals surface area contributed by atoms with Gasteiger partial charge in [-0.05, 0) is 18.3 Å². The second-order valence-corrected chi connectivity index (χ2v) is 6.23. The van der Waals surface area contributed by atoms with Crippen molar-refractivity contribution in [1.29, 1.82) is 0 Å². The summed E-state index contributed by atoms with van der Waals surface area (Å²) in [7, 11) is 0. The molecule has 0 bridgehead atoms. The molecule has 2 heterocycles. The minimum atomic E-state index is 0.0145. The molecule has 1 unspecified atom stereocenters. The van der Waals surface area contributed by atoms with Crippen LogP contribution in [0.5, 0.6) is 0 Å². The lowest BCUT2D eigenvalue weighted by atomic mass is 9.80. The van der Waals surface area contributed by atoms with E-state index in [0.29, 0.717) is 5.41 Å². The summed E-state index contributed by atoms with van der Waals surface area (Å²) in [6.45, 7) is 11.7. The molecule has 4 heteroatoms. The number of morpholine rings is 1. The molecular weight excluding hydrogens is 226 g/mol. The number of nitrogens with zero attached hydrogens (tertiary/aromatic N) is 2. The highest BCUT2D eigenvalue weighted by atomic mass is 16.5. The van der Waals surface area contributed by atoms with E-state index >= 15 is 0 Å². The van der Waals surface area contributed by atoms with Crippen molar-refractivity contribution in [3.8, 4) is 0 Å². The Balaban J connectivity index is 1.90. The van der Waals surface area contributed by atoms with Gasteiger partial charge in [-0.15, -0.1) is 0 Å². The van der Waals surface area contributed by atoms with E-state index in [1.54, 1.807) is 0 Å². The van der Waals surface area contributed by atoms with E-state index in [2.05, 4.69) is 25.7 Å². The van der Waals surface area contributed by atoms with Crippen LogP contribution in [-0.4, -0.2) is 48.4 Å². The van der Waals surface area contributed by atoms with Gasteiger partial charge in [-0.25, -0.2) is 5.01 Å². The summed E-state index contributed by atoms with van der Waals surface area (Å²) in [5.41, 5.74) is 0.492. The monoisotopic (exact) mass is 255 g/mol. The number of likely N-dealkylation sites (tertiary alicyclic amines) is 1. The second kappa shape index (κ2) is 5.45. The van der Waals surface area contributed by atoms with Gasteiger partial charge in [0, 0.05) is 19.6 Å². The molecule has 1 spiro atoms. The molecule has 2 N–H and O–H groups in total. The fourth-order valence-electron chi connectivity index (χ4n) is 3.03. The minimum absolute atomic E-state index is 0.0145. The van der Waals surface area contributed by atoms with E-state index in [4.69, 9.17) is 10.6 Å². The number of rotatable bonds is 5. The van der Waals surface area contributed by atoms with E-state index in [-0.39, 0.29) is 5.66 Å². The first kappa shape index (κ1) is 14.3. The van der Waals surface area contributed by atoms with Gasteiger partial charge in [-0.2, -0.15) is 0 Å². The van der Waals surface area contributed by atoms with Gasteiger partial charge in [0.25, 0.3) is 0 Å². The Morgan fingerprint density at radius 2 is 2.00 bits per heavy atom. The molecule has 0 aromatic rings. The Morgan fingerprint density at radius 3 is 2.50 bits per heavy atom. The molecule has 0 aromatic heterocycles. The van der Waals surface area contributed by atoms with E-state index in [9.17, 15) is 0 Å². The zero-order valence-corrected chi connectivity index (χ0v) is 12.2. The lowest BCUT2D eigenvalue weighted by Crippen LogP contribution is -2.75. The van der Waals surface area contributed by atoms with Gasteiger partial charge >= 0.3 is 0 Å². The number of hydrogen-bond donors (Lipinski definition) is 1. The highest BCUT2D eigenvalue weighted by Gasteiger charge is 2.50.